The van der Waals surface area contributed by atoms with Gasteiger partial charge in [0.25, 0.3) is 20.2 Å². The zero-order valence-corrected chi connectivity index (χ0v) is 19.3. The van der Waals surface area contributed by atoms with Crippen LogP contribution in [-0.2, 0) is 20.2 Å². The van der Waals surface area contributed by atoms with Crippen molar-refractivity contribution in [1.29, 1.82) is 0 Å². The first-order valence-electron chi connectivity index (χ1n) is 9.86. The van der Waals surface area contributed by atoms with Crippen molar-refractivity contribution in [3.8, 4) is 0 Å². The lowest BCUT2D eigenvalue weighted by atomic mass is 10.1. The average molecular weight is 512 g/mol. The fourth-order valence-corrected chi connectivity index (χ4v) is 4.43. The summed E-state index contributed by atoms with van der Waals surface area (Å²) in [6.45, 7) is 0. The van der Waals surface area contributed by atoms with Crippen LogP contribution in [0.4, 0.5) is 22.7 Å². The Bertz CT molecular complexity index is 1650. The average Bonchev–Trinajstić information content (AvgIpc) is 2.82. The quantitative estimate of drug-likeness (QED) is 0.158. The molecule has 0 fully saturated rings. The fraction of sp³-hybridized carbons (Fsp3) is 0. The fourth-order valence-electron chi connectivity index (χ4n) is 3.08. The van der Waals surface area contributed by atoms with Crippen molar-refractivity contribution < 1.29 is 25.9 Å². The molecule has 0 radical (unpaired) electrons. The minimum Gasteiger partial charge on any atom is -0.282 e. The van der Waals surface area contributed by atoms with Crippen LogP contribution >= 0.6 is 0 Å². The predicted molar refractivity (Wildman–Crippen MR) is 129 cm³/mol. The zero-order valence-electron chi connectivity index (χ0n) is 17.7. The van der Waals surface area contributed by atoms with E-state index < -0.39 is 30.0 Å². The molecule has 0 atom stereocenters. The van der Waals surface area contributed by atoms with Crippen LogP contribution in [0.25, 0.3) is 10.8 Å². The number of fused-ring (bicyclic) bond motifs is 1. The van der Waals surface area contributed by atoms with Gasteiger partial charge in [-0.2, -0.15) is 27.1 Å². The van der Waals surface area contributed by atoms with Crippen LogP contribution in [0.3, 0.4) is 0 Å². The molecule has 0 unspecified atom stereocenters. The van der Waals surface area contributed by atoms with Crippen LogP contribution in [0.2, 0.25) is 0 Å². The first-order chi connectivity index (χ1) is 16.6. The number of rotatable bonds is 7. The molecule has 0 heterocycles. The lowest BCUT2D eigenvalue weighted by Crippen LogP contribution is -2.04. The molecule has 0 aliphatic carbocycles. The van der Waals surface area contributed by atoms with Crippen molar-refractivity contribution >= 4 is 53.8 Å². The molecule has 0 spiro atoms. The minimum atomic E-state index is -4.75. The maximum Gasteiger partial charge on any atom is 0.295 e. The summed E-state index contributed by atoms with van der Waals surface area (Å²) in [6.07, 6.45) is 0. The van der Waals surface area contributed by atoms with Gasteiger partial charge >= 0.3 is 0 Å². The maximum atomic E-state index is 11.7. The third kappa shape index (κ3) is 6.10. The van der Waals surface area contributed by atoms with Gasteiger partial charge in [0.15, 0.2) is 0 Å². The molecule has 0 bridgehead atoms. The van der Waals surface area contributed by atoms with Gasteiger partial charge in [0, 0.05) is 5.39 Å². The summed E-state index contributed by atoms with van der Waals surface area (Å²) in [6, 6.07) is 22.0. The molecule has 0 saturated heterocycles. The van der Waals surface area contributed by atoms with Crippen LogP contribution in [0.15, 0.2) is 115 Å². The molecule has 13 heteroatoms. The van der Waals surface area contributed by atoms with E-state index in [0.29, 0.717) is 23.1 Å². The summed E-state index contributed by atoms with van der Waals surface area (Å²) in [7, 11) is -9.47. The number of anilines is 1. The minimum absolute atomic E-state index is 0.0580. The van der Waals surface area contributed by atoms with Gasteiger partial charge in [0.2, 0.25) is 0 Å². The van der Waals surface area contributed by atoms with Crippen molar-refractivity contribution in [3.63, 3.8) is 0 Å². The Kier molecular flexibility index (Phi) is 6.66. The second-order valence-corrected chi connectivity index (χ2v) is 9.98. The third-order valence-electron chi connectivity index (χ3n) is 4.70. The number of hydrogen-bond donors (Lipinski definition) is 3. The first kappa shape index (κ1) is 24.1. The van der Waals surface area contributed by atoms with Crippen LogP contribution in [-0.4, -0.2) is 25.9 Å². The standard InChI is InChI=1S/C22H17N5O6S2/c28-34(29,30)20-13-15-12-19(10-11-21(15)22(14-20)35(31,32)33)26-27-25-18-8-6-17(7-9-18)24-23-16-4-2-1-3-5-16/h1-14H,(H,25,26)(H,28,29,30)(H,31,32,33). The zero-order chi connectivity index (χ0) is 25.1. The van der Waals surface area contributed by atoms with Crippen molar-refractivity contribution in [2.45, 2.75) is 9.79 Å². The number of benzene rings is 4. The molecule has 11 nitrogen and oxygen atoms in total. The summed E-state index contributed by atoms with van der Waals surface area (Å²) in [5.74, 6) is 0. The van der Waals surface area contributed by atoms with Gasteiger partial charge in [0.1, 0.15) is 4.90 Å². The number of azo groups is 1. The van der Waals surface area contributed by atoms with Crippen LogP contribution in [0, 0.1) is 0 Å². The number of hydrogen-bond acceptors (Lipinski definition) is 8. The molecule has 4 aromatic carbocycles. The van der Waals surface area contributed by atoms with Crippen molar-refractivity contribution in [2.75, 3.05) is 5.43 Å². The van der Waals surface area contributed by atoms with Crippen molar-refractivity contribution in [3.05, 3.63) is 84.9 Å². The summed E-state index contributed by atoms with van der Waals surface area (Å²) < 4.78 is 65.2. The Morgan fingerprint density at radius 3 is 1.83 bits per heavy atom. The normalized spacial score (nSPS) is 12.5. The van der Waals surface area contributed by atoms with E-state index >= 15 is 0 Å². The second kappa shape index (κ2) is 9.68. The summed E-state index contributed by atoms with van der Waals surface area (Å²) in [5.41, 5.74) is 4.87. The van der Waals surface area contributed by atoms with Crippen LogP contribution in [0.5, 0.6) is 0 Å². The van der Waals surface area contributed by atoms with Crippen LogP contribution in [0.1, 0.15) is 0 Å². The Balaban J connectivity index is 1.53. The number of nitrogens with one attached hydrogen (secondary N) is 1. The smallest absolute Gasteiger partial charge is 0.282 e. The summed E-state index contributed by atoms with van der Waals surface area (Å²) >= 11 is 0. The monoisotopic (exact) mass is 511 g/mol. The maximum absolute atomic E-state index is 11.7. The Morgan fingerprint density at radius 1 is 0.629 bits per heavy atom. The summed E-state index contributed by atoms with van der Waals surface area (Å²) in [4.78, 5) is -1.33. The summed E-state index contributed by atoms with van der Waals surface area (Å²) in [5, 5.41) is 16.3. The van der Waals surface area contributed by atoms with Gasteiger partial charge in [-0.1, -0.05) is 29.5 Å². The largest absolute Gasteiger partial charge is 0.295 e. The van der Waals surface area contributed by atoms with E-state index in [2.05, 4.69) is 26.0 Å². The van der Waals surface area contributed by atoms with E-state index in [9.17, 15) is 25.9 Å². The van der Waals surface area contributed by atoms with Gasteiger partial charge in [-0.05, 0) is 66.0 Å². The second-order valence-electron chi connectivity index (χ2n) is 7.17. The molecule has 0 amide bonds. The molecular formula is C22H17N5O6S2. The van der Waals surface area contributed by atoms with E-state index in [1.165, 1.54) is 18.2 Å². The molecular weight excluding hydrogens is 494 g/mol. The SMILES string of the molecule is O=S(=O)(O)c1cc(S(=O)(=O)O)c2ccc(NN=Nc3ccc(N=Nc4ccccc4)cc3)cc2c1. The molecule has 4 aromatic rings. The topological polar surface area (TPSA) is 170 Å². The Labute approximate surface area is 200 Å². The predicted octanol–water partition coefficient (Wildman–Crippen LogP) is 5.86. The van der Waals surface area contributed by atoms with Gasteiger partial charge in [0.05, 0.1) is 27.6 Å². The Morgan fingerprint density at radius 2 is 1.23 bits per heavy atom. The van der Waals surface area contributed by atoms with Crippen LogP contribution < -0.4 is 5.43 Å². The van der Waals surface area contributed by atoms with E-state index in [4.69, 9.17) is 0 Å². The van der Waals surface area contributed by atoms with Crippen molar-refractivity contribution in [1.82, 2.24) is 0 Å². The lowest BCUT2D eigenvalue weighted by molar-refractivity contribution is 0.482. The van der Waals surface area contributed by atoms with E-state index in [-0.39, 0.29) is 10.8 Å². The molecule has 0 saturated carbocycles. The van der Waals surface area contributed by atoms with Gasteiger partial charge in [-0.3, -0.25) is 14.5 Å². The highest BCUT2D eigenvalue weighted by molar-refractivity contribution is 7.86. The Hall–Kier alpha value is -4.04. The highest BCUT2D eigenvalue weighted by atomic mass is 32.2. The highest BCUT2D eigenvalue weighted by Gasteiger charge is 2.20. The van der Waals surface area contributed by atoms with Gasteiger partial charge in [-0.15, -0.1) is 5.11 Å². The molecule has 0 aromatic heterocycles. The molecule has 178 valence electrons. The number of nitrogens with zero attached hydrogens (tertiary/aromatic N) is 4. The van der Waals surface area contributed by atoms with E-state index in [1.807, 2.05) is 30.3 Å². The van der Waals surface area contributed by atoms with E-state index in [0.717, 1.165) is 11.8 Å². The van der Waals surface area contributed by atoms with Gasteiger partial charge in [-0.25, -0.2) is 0 Å². The molecule has 4 rings (SSSR count). The van der Waals surface area contributed by atoms with Gasteiger partial charge < -0.3 is 0 Å². The molecule has 35 heavy (non-hydrogen) atoms. The molecule has 3 N–H and O–H groups in total. The first-order valence-corrected chi connectivity index (χ1v) is 12.7. The lowest BCUT2D eigenvalue weighted by Gasteiger charge is -2.08. The third-order valence-corrected chi connectivity index (χ3v) is 6.42. The highest BCUT2D eigenvalue weighted by Crippen LogP contribution is 2.29. The van der Waals surface area contributed by atoms with Crippen molar-refractivity contribution in [2.24, 2.45) is 20.6 Å². The van der Waals surface area contributed by atoms with E-state index in [1.54, 1.807) is 24.3 Å². The molecule has 0 aliphatic rings. The molecule has 0 aliphatic heterocycles.